The predicted molar refractivity (Wildman–Crippen MR) is 68.7 cm³/mol. The fraction of sp³-hybridized carbons (Fsp3) is 0.417. The maximum atomic E-state index is 12.3. The van der Waals surface area contributed by atoms with Gasteiger partial charge >= 0.3 is 0 Å². The third-order valence-electron chi connectivity index (χ3n) is 3.49. The summed E-state index contributed by atoms with van der Waals surface area (Å²) >= 11 is 1.27. The second-order valence-corrected chi connectivity index (χ2v) is 5.42. The van der Waals surface area contributed by atoms with Crippen LogP contribution in [0.5, 0.6) is 0 Å². The summed E-state index contributed by atoms with van der Waals surface area (Å²) in [6, 6.07) is 1.68. The third-order valence-corrected chi connectivity index (χ3v) is 4.37. The SMILES string of the molecule is O=[N+]([O-])c1c2c([n+]([O-])c3sccc13)CCCCC2. The second kappa shape index (κ2) is 4.20. The Hall–Kier alpha value is -1.69. The van der Waals surface area contributed by atoms with Crippen molar-refractivity contribution in [2.75, 3.05) is 0 Å². The van der Waals surface area contributed by atoms with Crippen molar-refractivity contribution in [3.8, 4) is 0 Å². The molecule has 18 heavy (non-hydrogen) atoms. The fourth-order valence-electron chi connectivity index (χ4n) is 2.68. The van der Waals surface area contributed by atoms with Crippen LogP contribution in [0.3, 0.4) is 0 Å². The standard InChI is InChI=1S/C12H12N2O3S/c15-13-10-5-3-1-2-4-8(10)11(14(16)17)9-6-7-18-12(9)13/h6-7H,1-5H2. The van der Waals surface area contributed by atoms with Gasteiger partial charge in [0.1, 0.15) is 5.39 Å². The first kappa shape index (κ1) is 11.4. The summed E-state index contributed by atoms with van der Waals surface area (Å²) in [5.74, 6) is 0. The minimum atomic E-state index is -0.334. The molecule has 6 heteroatoms. The van der Waals surface area contributed by atoms with E-state index in [0.29, 0.717) is 34.3 Å². The molecule has 1 aliphatic carbocycles. The largest absolute Gasteiger partial charge is 0.617 e. The molecule has 5 nitrogen and oxygen atoms in total. The molecule has 0 N–H and O–H groups in total. The van der Waals surface area contributed by atoms with Crippen LogP contribution in [0.25, 0.3) is 10.2 Å². The topological polar surface area (TPSA) is 70.1 Å². The normalized spacial score (nSPS) is 15.3. The molecule has 0 saturated heterocycles. The molecule has 94 valence electrons. The van der Waals surface area contributed by atoms with Crippen LogP contribution in [0.1, 0.15) is 30.5 Å². The van der Waals surface area contributed by atoms with Gasteiger partial charge in [0.25, 0.3) is 10.5 Å². The van der Waals surface area contributed by atoms with Crippen LogP contribution >= 0.6 is 11.3 Å². The van der Waals surface area contributed by atoms with Crippen molar-refractivity contribution >= 4 is 27.2 Å². The maximum absolute atomic E-state index is 12.3. The summed E-state index contributed by atoms with van der Waals surface area (Å²) in [6.07, 6.45) is 4.17. The lowest BCUT2D eigenvalue weighted by Gasteiger charge is -2.09. The Morgan fingerprint density at radius 3 is 2.83 bits per heavy atom. The van der Waals surface area contributed by atoms with Crippen molar-refractivity contribution in [3.63, 3.8) is 0 Å². The third kappa shape index (κ3) is 1.56. The number of hydrogen-bond donors (Lipinski definition) is 0. The molecule has 0 amide bonds. The first-order valence-corrected chi connectivity index (χ1v) is 6.87. The Kier molecular flexibility index (Phi) is 2.66. The highest BCUT2D eigenvalue weighted by Crippen LogP contribution is 2.35. The summed E-state index contributed by atoms with van der Waals surface area (Å²) in [6.45, 7) is 0. The number of nitrogens with zero attached hydrogens (tertiary/aromatic N) is 2. The van der Waals surface area contributed by atoms with E-state index in [1.165, 1.54) is 11.3 Å². The Labute approximate surface area is 107 Å². The summed E-state index contributed by atoms with van der Waals surface area (Å²) in [7, 11) is 0. The average Bonchev–Trinajstić information content (AvgIpc) is 2.67. The lowest BCUT2D eigenvalue weighted by Crippen LogP contribution is -2.33. The summed E-state index contributed by atoms with van der Waals surface area (Å²) in [5.41, 5.74) is 1.41. The number of rotatable bonds is 1. The quantitative estimate of drug-likeness (QED) is 0.261. The lowest BCUT2D eigenvalue weighted by atomic mass is 10.0. The van der Waals surface area contributed by atoms with Crippen LogP contribution in [0, 0.1) is 15.3 Å². The van der Waals surface area contributed by atoms with Gasteiger partial charge in [-0.05, 0) is 30.7 Å². The van der Waals surface area contributed by atoms with Gasteiger partial charge in [-0.25, -0.2) is 0 Å². The Morgan fingerprint density at radius 1 is 1.28 bits per heavy atom. The smallest absolute Gasteiger partial charge is 0.293 e. The molecule has 0 unspecified atom stereocenters. The Bertz CT molecular complexity index is 636. The highest BCUT2D eigenvalue weighted by Gasteiger charge is 2.31. The number of thiophene rings is 1. The highest BCUT2D eigenvalue weighted by atomic mass is 32.1. The van der Waals surface area contributed by atoms with E-state index in [9.17, 15) is 15.3 Å². The van der Waals surface area contributed by atoms with Gasteiger partial charge in [0.05, 0.1) is 10.5 Å². The molecular formula is C12H12N2O3S. The molecule has 0 spiro atoms. The first-order valence-electron chi connectivity index (χ1n) is 5.99. The molecule has 0 fully saturated rings. The molecule has 1 aliphatic rings. The second-order valence-electron chi connectivity index (χ2n) is 4.53. The lowest BCUT2D eigenvalue weighted by molar-refractivity contribution is -0.584. The van der Waals surface area contributed by atoms with Gasteiger partial charge in [-0.15, -0.1) is 0 Å². The van der Waals surface area contributed by atoms with Crippen LogP contribution in [0.15, 0.2) is 11.4 Å². The van der Waals surface area contributed by atoms with Crippen LogP contribution in [-0.4, -0.2) is 4.92 Å². The van der Waals surface area contributed by atoms with Crippen molar-refractivity contribution in [2.45, 2.75) is 32.1 Å². The van der Waals surface area contributed by atoms with E-state index in [1.54, 1.807) is 11.4 Å². The van der Waals surface area contributed by atoms with E-state index in [-0.39, 0.29) is 10.6 Å². The highest BCUT2D eigenvalue weighted by molar-refractivity contribution is 7.16. The van der Waals surface area contributed by atoms with Crippen LogP contribution in [-0.2, 0) is 12.8 Å². The van der Waals surface area contributed by atoms with Crippen molar-refractivity contribution in [3.05, 3.63) is 38.0 Å². The molecule has 2 aromatic heterocycles. The molecule has 0 aliphatic heterocycles. The minimum Gasteiger partial charge on any atom is -0.617 e. The van der Waals surface area contributed by atoms with Gasteiger partial charge in [0.2, 0.25) is 5.69 Å². The number of aromatic nitrogens is 1. The summed E-state index contributed by atoms with van der Waals surface area (Å²) in [5, 5.41) is 25.8. The van der Waals surface area contributed by atoms with E-state index in [4.69, 9.17) is 0 Å². The maximum Gasteiger partial charge on any atom is 0.293 e. The monoisotopic (exact) mass is 264 g/mol. The van der Waals surface area contributed by atoms with Crippen molar-refractivity contribution in [2.24, 2.45) is 0 Å². The van der Waals surface area contributed by atoms with Crippen molar-refractivity contribution in [1.82, 2.24) is 0 Å². The molecule has 3 rings (SSSR count). The van der Waals surface area contributed by atoms with Gasteiger partial charge in [0, 0.05) is 6.42 Å². The van der Waals surface area contributed by atoms with Gasteiger partial charge in [-0.3, -0.25) is 10.1 Å². The number of hydrogen-bond acceptors (Lipinski definition) is 4. The van der Waals surface area contributed by atoms with E-state index < -0.39 is 0 Å². The van der Waals surface area contributed by atoms with Gasteiger partial charge in [-0.2, -0.15) is 4.73 Å². The zero-order valence-electron chi connectivity index (χ0n) is 9.72. The van der Waals surface area contributed by atoms with Gasteiger partial charge in [0.15, 0.2) is 0 Å². The molecule has 0 atom stereocenters. The molecule has 0 radical (unpaired) electrons. The molecule has 0 bridgehead atoms. The Balaban J connectivity index is 2.41. The van der Waals surface area contributed by atoms with E-state index in [0.717, 1.165) is 24.0 Å². The summed E-state index contributed by atoms with van der Waals surface area (Å²) < 4.78 is 0.910. The molecule has 2 aromatic rings. The number of nitro groups is 1. The fourth-order valence-corrected chi connectivity index (χ4v) is 3.51. The van der Waals surface area contributed by atoms with Crippen LogP contribution in [0.4, 0.5) is 5.69 Å². The van der Waals surface area contributed by atoms with Crippen LogP contribution < -0.4 is 4.73 Å². The van der Waals surface area contributed by atoms with E-state index in [2.05, 4.69) is 0 Å². The van der Waals surface area contributed by atoms with E-state index >= 15 is 0 Å². The molecular weight excluding hydrogens is 252 g/mol. The Morgan fingerprint density at radius 2 is 2.06 bits per heavy atom. The zero-order valence-corrected chi connectivity index (χ0v) is 10.5. The zero-order chi connectivity index (χ0) is 12.7. The molecule has 2 heterocycles. The molecule has 0 aromatic carbocycles. The van der Waals surface area contributed by atoms with Crippen LogP contribution in [0.2, 0.25) is 0 Å². The first-order chi connectivity index (χ1) is 8.70. The van der Waals surface area contributed by atoms with Crippen molar-refractivity contribution in [1.29, 1.82) is 0 Å². The number of pyridine rings is 1. The minimum absolute atomic E-state index is 0.148. The molecule has 0 saturated carbocycles. The number of fused-ring (bicyclic) bond motifs is 2. The predicted octanol–water partition coefficient (Wildman–Crippen LogP) is 2.71. The summed E-state index contributed by atoms with van der Waals surface area (Å²) in [4.78, 5) is 11.4. The van der Waals surface area contributed by atoms with Gasteiger partial charge in [-0.1, -0.05) is 17.8 Å². The van der Waals surface area contributed by atoms with E-state index in [1.807, 2.05) is 0 Å². The van der Waals surface area contributed by atoms with Gasteiger partial charge < -0.3 is 5.21 Å². The average molecular weight is 264 g/mol. The van der Waals surface area contributed by atoms with Crippen molar-refractivity contribution < 1.29 is 9.65 Å².